The highest BCUT2D eigenvalue weighted by molar-refractivity contribution is 8.19. The summed E-state index contributed by atoms with van der Waals surface area (Å²) in [6.45, 7) is 4.94. The fraction of sp³-hybridized carbons (Fsp3) is 0.290. The Bertz CT molecular complexity index is 1440. The lowest BCUT2D eigenvalue weighted by Gasteiger charge is -2.21. The van der Waals surface area contributed by atoms with Crippen molar-refractivity contribution in [2.45, 2.75) is 49.8 Å². The van der Waals surface area contributed by atoms with E-state index in [0.717, 1.165) is 54.5 Å². The Balaban J connectivity index is 1.17. The summed E-state index contributed by atoms with van der Waals surface area (Å²) < 4.78 is 34.7. The molecule has 1 amide bonds. The number of rotatable bonds is 14. The summed E-state index contributed by atoms with van der Waals surface area (Å²) in [5.41, 5.74) is 6.44. The van der Waals surface area contributed by atoms with E-state index in [0.29, 0.717) is 42.9 Å². The SMILES string of the molecule is C=CCc1c(OCCCCCNC(=O)c2ccc(N/N=C/c3ccccc3S(O)(O)O)nc2)ccc2c1CCCC2=O. The number of ether oxygens (including phenoxy) is 1. The molecule has 4 rings (SSSR count). The molecule has 0 saturated carbocycles. The Morgan fingerprint density at radius 2 is 1.90 bits per heavy atom. The predicted octanol–water partition coefficient (Wildman–Crippen LogP) is 6.34. The van der Waals surface area contributed by atoms with Crippen molar-refractivity contribution in [3.63, 3.8) is 0 Å². The molecule has 0 aliphatic heterocycles. The molecule has 42 heavy (non-hydrogen) atoms. The van der Waals surface area contributed by atoms with Gasteiger partial charge in [0.1, 0.15) is 22.4 Å². The molecule has 0 bridgehead atoms. The molecule has 1 aromatic heterocycles. The second kappa shape index (κ2) is 14.7. The van der Waals surface area contributed by atoms with Crippen LogP contribution in [0.5, 0.6) is 5.75 Å². The number of ketones is 1. The second-order valence-corrected chi connectivity index (χ2v) is 11.3. The Hall–Kier alpha value is -4.03. The number of hydrogen-bond donors (Lipinski definition) is 5. The van der Waals surface area contributed by atoms with Crippen LogP contribution in [0.1, 0.15) is 69.5 Å². The minimum absolute atomic E-state index is 0.0335. The molecule has 1 heterocycles. The third-order valence-electron chi connectivity index (χ3n) is 6.85. The highest BCUT2D eigenvalue weighted by atomic mass is 32.3. The van der Waals surface area contributed by atoms with Gasteiger partial charge in [-0.1, -0.05) is 24.3 Å². The molecule has 222 valence electrons. The van der Waals surface area contributed by atoms with Gasteiger partial charge in [0.15, 0.2) is 5.78 Å². The molecule has 0 fully saturated rings. The summed E-state index contributed by atoms with van der Waals surface area (Å²) in [6, 6.07) is 13.2. The highest BCUT2D eigenvalue weighted by Gasteiger charge is 2.22. The molecular weight excluding hydrogens is 556 g/mol. The lowest BCUT2D eigenvalue weighted by Crippen LogP contribution is -2.24. The minimum atomic E-state index is -3.88. The van der Waals surface area contributed by atoms with Crippen molar-refractivity contribution in [2.24, 2.45) is 5.10 Å². The molecule has 2 aromatic carbocycles. The van der Waals surface area contributed by atoms with Crippen LogP contribution >= 0.6 is 10.9 Å². The van der Waals surface area contributed by atoms with Crippen molar-refractivity contribution in [3.8, 4) is 5.75 Å². The van der Waals surface area contributed by atoms with Crippen LogP contribution < -0.4 is 15.5 Å². The van der Waals surface area contributed by atoms with Crippen molar-refractivity contribution >= 4 is 34.6 Å². The van der Waals surface area contributed by atoms with E-state index in [9.17, 15) is 23.2 Å². The van der Waals surface area contributed by atoms with Crippen molar-refractivity contribution < 1.29 is 28.0 Å². The zero-order chi connectivity index (χ0) is 30.0. The summed E-state index contributed by atoms with van der Waals surface area (Å²) in [5.74, 6) is 1.18. The normalized spacial score (nSPS) is 13.5. The third kappa shape index (κ3) is 8.26. The summed E-state index contributed by atoms with van der Waals surface area (Å²) in [5, 5.41) is 6.91. The van der Waals surface area contributed by atoms with E-state index in [1.807, 2.05) is 18.2 Å². The summed E-state index contributed by atoms with van der Waals surface area (Å²) >= 11 is 0. The number of unbranched alkanes of at least 4 members (excludes halogenated alkanes) is 2. The van der Waals surface area contributed by atoms with Crippen molar-refractivity contribution in [1.29, 1.82) is 0 Å². The standard InChI is InChI=1S/C31H36N4O6S/c1-2-9-26-24-11-8-12-27(36)25(24)15-16-28(26)41-19-7-3-6-18-32-31(37)23-14-17-30(33-20-23)35-34-21-22-10-4-5-13-29(22)42(38,39)40/h2,4-5,10,13-17,20-21,38-40H,1,3,6-9,11-12,18-19H2,(H,32,37)(H,33,35)/b34-21+. The lowest BCUT2D eigenvalue weighted by atomic mass is 9.86. The van der Waals surface area contributed by atoms with E-state index >= 15 is 0 Å². The van der Waals surface area contributed by atoms with Gasteiger partial charge in [0.2, 0.25) is 0 Å². The van der Waals surface area contributed by atoms with E-state index in [-0.39, 0.29) is 16.6 Å². The Morgan fingerprint density at radius 1 is 1.07 bits per heavy atom. The second-order valence-electron chi connectivity index (χ2n) is 9.86. The van der Waals surface area contributed by atoms with Crippen LogP contribution in [0.2, 0.25) is 0 Å². The van der Waals surface area contributed by atoms with Gasteiger partial charge in [0.05, 0.1) is 23.3 Å². The number of nitrogens with zero attached hydrogens (tertiary/aromatic N) is 2. The number of pyridine rings is 1. The molecular formula is C31H36N4O6S. The maximum atomic E-state index is 12.5. The van der Waals surface area contributed by atoms with E-state index < -0.39 is 10.9 Å². The average molecular weight is 593 g/mol. The number of carbonyl (C=O) groups excluding carboxylic acids is 2. The number of aromatic nitrogens is 1. The number of Topliss-reactive ketones (excluding diaryl/α,β-unsaturated/α-hetero) is 1. The third-order valence-corrected chi connectivity index (χ3v) is 7.82. The maximum Gasteiger partial charge on any atom is 0.252 e. The van der Waals surface area contributed by atoms with E-state index in [4.69, 9.17) is 4.74 Å². The fourth-order valence-corrected chi connectivity index (χ4v) is 5.47. The number of hydrogen-bond acceptors (Lipinski definition) is 9. The summed E-state index contributed by atoms with van der Waals surface area (Å²) in [4.78, 5) is 28.9. The minimum Gasteiger partial charge on any atom is -0.493 e. The van der Waals surface area contributed by atoms with E-state index in [2.05, 4.69) is 27.4 Å². The van der Waals surface area contributed by atoms with Gasteiger partial charge < -0.3 is 23.7 Å². The maximum absolute atomic E-state index is 12.5. The van der Waals surface area contributed by atoms with E-state index in [1.54, 1.807) is 30.3 Å². The average Bonchev–Trinajstić information content (AvgIpc) is 2.98. The molecule has 0 atom stereocenters. The monoisotopic (exact) mass is 592 g/mol. The Morgan fingerprint density at radius 3 is 2.67 bits per heavy atom. The molecule has 0 spiro atoms. The van der Waals surface area contributed by atoms with Crippen molar-refractivity contribution in [2.75, 3.05) is 18.6 Å². The molecule has 5 N–H and O–H groups in total. The van der Waals surface area contributed by atoms with Crippen molar-refractivity contribution in [1.82, 2.24) is 10.3 Å². The Kier molecular flexibility index (Phi) is 10.8. The first-order chi connectivity index (χ1) is 20.3. The van der Waals surface area contributed by atoms with Gasteiger partial charge in [-0.3, -0.25) is 15.0 Å². The smallest absolute Gasteiger partial charge is 0.252 e. The summed E-state index contributed by atoms with van der Waals surface area (Å²) in [6.07, 6.45) is 10.2. The predicted molar refractivity (Wildman–Crippen MR) is 165 cm³/mol. The number of nitrogens with one attached hydrogen (secondary N) is 2. The van der Waals surface area contributed by atoms with Crippen LogP contribution in [0.4, 0.5) is 5.82 Å². The van der Waals surface area contributed by atoms with Crippen LogP contribution in [0.25, 0.3) is 0 Å². The molecule has 3 aromatic rings. The van der Waals surface area contributed by atoms with Gasteiger partial charge in [-0.05, 0) is 74.4 Å². The molecule has 1 aliphatic rings. The molecule has 0 saturated heterocycles. The number of benzene rings is 2. The van der Waals surface area contributed by atoms with Gasteiger partial charge in [-0.15, -0.1) is 6.58 Å². The van der Waals surface area contributed by atoms with Crippen LogP contribution in [0.15, 0.2) is 77.4 Å². The van der Waals surface area contributed by atoms with Gasteiger partial charge in [-0.25, -0.2) is 4.98 Å². The van der Waals surface area contributed by atoms with Crippen LogP contribution in [-0.2, 0) is 12.8 Å². The number of allylic oxidation sites excluding steroid dienone is 1. The van der Waals surface area contributed by atoms with Crippen LogP contribution in [0.3, 0.4) is 0 Å². The topological polar surface area (TPSA) is 153 Å². The molecule has 11 heteroatoms. The number of fused-ring (bicyclic) bond motifs is 1. The molecule has 10 nitrogen and oxygen atoms in total. The molecule has 0 radical (unpaired) electrons. The number of anilines is 1. The number of amides is 1. The fourth-order valence-electron chi connectivity index (χ4n) is 4.77. The zero-order valence-electron chi connectivity index (χ0n) is 23.3. The van der Waals surface area contributed by atoms with Gasteiger partial charge in [0, 0.05) is 35.9 Å². The Labute approximate surface area is 247 Å². The van der Waals surface area contributed by atoms with Crippen LogP contribution in [0, 0.1) is 0 Å². The number of hydrazone groups is 1. The highest BCUT2D eigenvalue weighted by Crippen LogP contribution is 2.44. The summed E-state index contributed by atoms with van der Waals surface area (Å²) in [7, 11) is -3.88. The lowest BCUT2D eigenvalue weighted by molar-refractivity contribution is 0.0949. The quantitative estimate of drug-likeness (QED) is 0.0629. The van der Waals surface area contributed by atoms with Crippen LogP contribution in [-0.4, -0.2) is 49.7 Å². The largest absolute Gasteiger partial charge is 0.493 e. The van der Waals surface area contributed by atoms with Gasteiger partial charge >= 0.3 is 0 Å². The van der Waals surface area contributed by atoms with Gasteiger partial charge in [0.25, 0.3) is 5.91 Å². The van der Waals surface area contributed by atoms with E-state index in [1.165, 1.54) is 18.5 Å². The zero-order valence-corrected chi connectivity index (χ0v) is 24.1. The van der Waals surface area contributed by atoms with Gasteiger partial charge in [-0.2, -0.15) is 5.10 Å². The molecule has 1 aliphatic carbocycles. The number of carbonyl (C=O) groups is 2. The van der Waals surface area contributed by atoms with Crippen molar-refractivity contribution in [3.05, 3.63) is 95.2 Å². The first-order valence-electron chi connectivity index (χ1n) is 13.8. The first kappa shape index (κ1) is 30.9. The molecule has 0 unspecified atom stereocenters. The first-order valence-corrected chi connectivity index (χ1v) is 15.3.